The van der Waals surface area contributed by atoms with E-state index in [1.54, 1.807) is 12.1 Å². The summed E-state index contributed by atoms with van der Waals surface area (Å²) in [5.41, 5.74) is 2.39. The van der Waals surface area contributed by atoms with Crippen molar-refractivity contribution in [1.82, 2.24) is 9.62 Å². The lowest BCUT2D eigenvalue weighted by molar-refractivity contribution is -0.0303. The highest BCUT2D eigenvalue weighted by molar-refractivity contribution is 7.89. The summed E-state index contributed by atoms with van der Waals surface area (Å²) in [6.07, 6.45) is 3.93. The molecular weight excluding hydrogens is 384 g/mol. The van der Waals surface area contributed by atoms with Gasteiger partial charge in [-0.1, -0.05) is 55.8 Å². The van der Waals surface area contributed by atoms with Gasteiger partial charge in [-0.3, -0.25) is 4.90 Å². The summed E-state index contributed by atoms with van der Waals surface area (Å²) >= 11 is 0. The van der Waals surface area contributed by atoms with E-state index >= 15 is 0 Å². The van der Waals surface area contributed by atoms with Crippen LogP contribution in [0.5, 0.6) is 0 Å². The molecule has 1 N–H and O–H groups in total. The number of hydrogen-bond acceptors (Lipinski definition) is 4. The maximum Gasteiger partial charge on any atom is 0.240 e. The van der Waals surface area contributed by atoms with Crippen LogP contribution in [0.1, 0.15) is 43.4 Å². The predicted octanol–water partition coefficient (Wildman–Crippen LogP) is 3.77. The van der Waals surface area contributed by atoms with Crippen molar-refractivity contribution in [3.63, 3.8) is 0 Å². The highest BCUT2D eigenvalue weighted by Gasteiger charge is 2.21. The Bertz CT molecular complexity index is 838. The van der Waals surface area contributed by atoms with Crippen LogP contribution in [0.15, 0.2) is 59.5 Å². The number of hydrogen-bond donors (Lipinski definition) is 1. The summed E-state index contributed by atoms with van der Waals surface area (Å²) in [6, 6.07) is 17.5. The van der Waals surface area contributed by atoms with Gasteiger partial charge in [0.15, 0.2) is 0 Å². The number of rotatable bonds is 10. The van der Waals surface area contributed by atoms with Crippen LogP contribution >= 0.6 is 0 Å². The second-order valence-corrected chi connectivity index (χ2v) is 9.34. The van der Waals surface area contributed by atoms with Gasteiger partial charge in [-0.05, 0) is 49.1 Å². The van der Waals surface area contributed by atoms with Crippen LogP contribution in [0.4, 0.5) is 0 Å². The number of benzene rings is 2. The number of unbranched alkanes of at least 4 members (excludes halogenated alkanes) is 1. The molecule has 1 aliphatic heterocycles. The van der Waals surface area contributed by atoms with Gasteiger partial charge in [-0.25, -0.2) is 13.1 Å². The zero-order chi connectivity index (χ0) is 20.5. The lowest BCUT2D eigenvalue weighted by atomic mass is 10.1. The first-order valence-electron chi connectivity index (χ1n) is 10.6. The van der Waals surface area contributed by atoms with E-state index in [2.05, 4.69) is 28.7 Å². The van der Waals surface area contributed by atoms with Crippen LogP contribution in [-0.2, 0) is 21.2 Å². The predicted molar refractivity (Wildman–Crippen MR) is 116 cm³/mol. The summed E-state index contributed by atoms with van der Waals surface area (Å²) < 4.78 is 33.5. The average Bonchev–Trinajstić information content (AvgIpc) is 2.75. The number of ether oxygens (including phenoxy) is 1. The SMILES string of the molecule is CCCc1ccc(S(=O)(=O)NCCCCN2CCO[C@@H](c3ccccc3)C2)cc1. The molecule has 0 aliphatic carbocycles. The first kappa shape index (κ1) is 22.0. The first-order chi connectivity index (χ1) is 14.1. The fourth-order valence-electron chi connectivity index (χ4n) is 3.65. The third kappa shape index (κ3) is 6.64. The molecule has 0 radical (unpaired) electrons. The van der Waals surface area contributed by atoms with Crippen molar-refractivity contribution in [3.8, 4) is 0 Å². The van der Waals surface area contributed by atoms with E-state index in [0.717, 1.165) is 51.9 Å². The third-order valence-electron chi connectivity index (χ3n) is 5.29. The van der Waals surface area contributed by atoms with Crippen LogP contribution in [0.25, 0.3) is 0 Å². The second kappa shape index (κ2) is 10.9. The Balaban J connectivity index is 1.39. The Morgan fingerprint density at radius 2 is 1.83 bits per heavy atom. The van der Waals surface area contributed by atoms with Crippen molar-refractivity contribution < 1.29 is 13.2 Å². The number of sulfonamides is 1. The number of nitrogens with zero attached hydrogens (tertiary/aromatic N) is 1. The molecule has 0 spiro atoms. The van der Waals surface area contributed by atoms with Gasteiger partial charge in [0.05, 0.1) is 17.6 Å². The maximum absolute atomic E-state index is 12.4. The van der Waals surface area contributed by atoms with Gasteiger partial charge in [0.2, 0.25) is 10.0 Å². The molecule has 2 aromatic rings. The van der Waals surface area contributed by atoms with E-state index in [-0.39, 0.29) is 6.10 Å². The molecular formula is C23H32N2O3S. The molecule has 1 saturated heterocycles. The van der Waals surface area contributed by atoms with Crippen molar-refractivity contribution in [2.75, 3.05) is 32.8 Å². The monoisotopic (exact) mass is 416 g/mol. The second-order valence-electron chi connectivity index (χ2n) is 7.57. The lowest BCUT2D eigenvalue weighted by Gasteiger charge is -2.33. The van der Waals surface area contributed by atoms with Crippen LogP contribution in [-0.4, -0.2) is 46.1 Å². The van der Waals surface area contributed by atoms with Gasteiger partial charge in [0.25, 0.3) is 0 Å². The molecule has 0 bridgehead atoms. The molecule has 3 rings (SSSR count). The maximum atomic E-state index is 12.4. The van der Waals surface area contributed by atoms with E-state index < -0.39 is 10.0 Å². The van der Waals surface area contributed by atoms with Gasteiger partial charge in [0, 0.05) is 19.6 Å². The van der Waals surface area contributed by atoms with Crippen molar-refractivity contribution in [2.24, 2.45) is 0 Å². The minimum atomic E-state index is -3.43. The Labute approximate surface area is 175 Å². The Kier molecular flexibility index (Phi) is 8.24. The fourth-order valence-corrected chi connectivity index (χ4v) is 4.72. The van der Waals surface area contributed by atoms with E-state index in [1.165, 1.54) is 11.1 Å². The Morgan fingerprint density at radius 3 is 2.55 bits per heavy atom. The largest absolute Gasteiger partial charge is 0.371 e. The molecule has 2 aromatic carbocycles. The smallest absolute Gasteiger partial charge is 0.240 e. The molecule has 0 amide bonds. The van der Waals surface area contributed by atoms with Crippen LogP contribution < -0.4 is 4.72 Å². The van der Waals surface area contributed by atoms with Gasteiger partial charge >= 0.3 is 0 Å². The first-order valence-corrected chi connectivity index (χ1v) is 12.0. The highest BCUT2D eigenvalue weighted by Crippen LogP contribution is 2.22. The topological polar surface area (TPSA) is 58.6 Å². The van der Waals surface area contributed by atoms with E-state index in [1.807, 2.05) is 30.3 Å². The minimum Gasteiger partial charge on any atom is -0.371 e. The van der Waals surface area contributed by atoms with Crippen molar-refractivity contribution in [2.45, 2.75) is 43.6 Å². The summed E-state index contributed by atoms with van der Waals surface area (Å²) in [7, 11) is -3.43. The standard InChI is InChI=1S/C23H32N2O3S/c1-2-8-20-11-13-22(14-12-20)29(26,27)24-15-6-7-16-25-17-18-28-23(19-25)21-9-4-3-5-10-21/h3-5,9-14,23-24H,2,6-8,15-19H2,1H3/t23-/m1/s1. The molecule has 0 aromatic heterocycles. The summed E-state index contributed by atoms with van der Waals surface area (Å²) in [6.45, 7) is 6.09. The quantitative estimate of drug-likeness (QED) is 0.599. The zero-order valence-corrected chi connectivity index (χ0v) is 18.0. The summed E-state index contributed by atoms with van der Waals surface area (Å²) in [5, 5.41) is 0. The highest BCUT2D eigenvalue weighted by atomic mass is 32.2. The molecule has 6 heteroatoms. The van der Waals surface area contributed by atoms with Crippen LogP contribution in [0.3, 0.4) is 0 Å². The molecule has 1 heterocycles. The van der Waals surface area contributed by atoms with Crippen molar-refractivity contribution in [1.29, 1.82) is 0 Å². The molecule has 0 saturated carbocycles. The van der Waals surface area contributed by atoms with Crippen LogP contribution in [0, 0.1) is 0 Å². The summed E-state index contributed by atoms with van der Waals surface area (Å²) in [5.74, 6) is 0. The van der Waals surface area contributed by atoms with Crippen molar-refractivity contribution >= 4 is 10.0 Å². The van der Waals surface area contributed by atoms with Gasteiger partial charge < -0.3 is 4.74 Å². The van der Waals surface area contributed by atoms with E-state index in [4.69, 9.17) is 4.74 Å². The third-order valence-corrected chi connectivity index (χ3v) is 6.76. The average molecular weight is 417 g/mol. The molecule has 158 valence electrons. The summed E-state index contributed by atoms with van der Waals surface area (Å²) in [4.78, 5) is 2.75. The van der Waals surface area contributed by atoms with E-state index in [9.17, 15) is 8.42 Å². The number of morpholine rings is 1. The van der Waals surface area contributed by atoms with Gasteiger partial charge in [-0.15, -0.1) is 0 Å². The van der Waals surface area contributed by atoms with Gasteiger partial charge in [0.1, 0.15) is 0 Å². The zero-order valence-electron chi connectivity index (χ0n) is 17.2. The number of nitrogens with one attached hydrogen (secondary N) is 1. The molecule has 29 heavy (non-hydrogen) atoms. The van der Waals surface area contributed by atoms with E-state index in [0.29, 0.717) is 11.4 Å². The normalized spacial score (nSPS) is 18.0. The molecule has 0 unspecified atom stereocenters. The Morgan fingerprint density at radius 1 is 1.07 bits per heavy atom. The molecule has 1 aliphatic rings. The fraction of sp³-hybridized carbons (Fsp3) is 0.478. The van der Waals surface area contributed by atoms with Gasteiger partial charge in [-0.2, -0.15) is 0 Å². The molecule has 1 fully saturated rings. The van der Waals surface area contributed by atoms with Crippen molar-refractivity contribution in [3.05, 3.63) is 65.7 Å². The van der Waals surface area contributed by atoms with Crippen LogP contribution in [0.2, 0.25) is 0 Å². The Hall–Kier alpha value is -1.73. The molecule has 1 atom stereocenters. The number of aryl methyl sites for hydroxylation is 1. The minimum absolute atomic E-state index is 0.124. The lowest BCUT2D eigenvalue weighted by Crippen LogP contribution is -2.39. The molecule has 5 nitrogen and oxygen atoms in total.